The van der Waals surface area contributed by atoms with Crippen LogP contribution in [0.1, 0.15) is 72.6 Å². The lowest BCUT2D eigenvalue weighted by Gasteiger charge is -2.32. The molecule has 0 unspecified atom stereocenters. The van der Waals surface area contributed by atoms with Crippen LogP contribution in [-0.2, 0) is 10.0 Å². The first-order valence-electron chi connectivity index (χ1n) is 12.2. The Bertz CT molecular complexity index is 1190. The third-order valence-electron chi connectivity index (χ3n) is 6.86. The van der Waals surface area contributed by atoms with Crippen LogP contribution >= 0.6 is 0 Å². The topological polar surface area (TPSA) is 105 Å². The number of hydrogen-bond acceptors (Lipinski definition) is 5. The van der Waals surface area contributed by atoms with Crippen LogP contribution in [0.3, 0.4) is 0 Å². The van der Waals surface area contributed by atoms with E-state index < -0.39 is 15.9 Å². The standard InChI is InChI=1S/C26H33N3O5S/c1-18-9-7-8-16-29(18)35(32,33)24-17-19(14-15-23(24)34-2)25(30)28-22-13-6-5-12-21(22)26(31)27-20-10-3-4-11-20/h5-6,12-15,17-18,20H,3-4,7-11,16H2,1-2H3,(H,27,31)(H,28,30)/t18-/m0/s1. The van der Waals surface area contributed by atoms with Crippen molar-refractivity contribution in [2.45, 2.75) is 68.8 Å². The molecule has 1 atom stereocenters. The summed E-state index contributed by atoms with van der Waals surface area (Å²) in [4.78, 5) is 26.0. The average molecular weight is 500 g/mol. The summed E-state index contributed by atoms with van der Waals surface area (Å²) in [6.45, 7) is 2.33. The molecule has 1 heterocycles. The van der Waals surface area contributed by atoms with Gasteiger partial charge in [0, 0.05) is 24.2 Å². The van der Waals surface area contributed by atoms with Crippen LogP contribution in [0.5, 0.6) is 5.75 Å². The molecule has 4 rings (SSSR count). The van der Waals surface area contributed by atoms with Crippen molar-refractivity contribution in [1.82, 2.24) is 9.62 Å². The zero-order valence-corrected chi connectivity index (χ0v) is 21.1. The van der Waals surface area contributed by atoms with Crippen molar-refractivity contribution in [2.24, 2.45) is 0 Å². The predicted molar refractivity (Wildman–Crippen MR) is 134 cm³/mol. The van der Waals surface area contributed by atoms with Gasteiger partial charge in [0.25, 0.3) is 11.8 Å². The second kappa shape index (κ2) is 10.8. The first-order chi connectivity index (χ1) is 16.8. The lowest BCUT2D eigenvalue weighted by molar-refractivity contribution is 0.0938. The maximum Gasteiger partial charge on any atom is 0.255 e. The van der Waals surface area contributed by atoms with Gasteiger partial charge in [-0.25, -0.2) is 8.42 Å². The molecule has 9 heteroatoms. The van der Waals surface area contributed by atoms with E-state index in [9.17, 15) is 18.0 Å². The molecule has 2 aromatic carbocycles. The van der Waals surface area contributed by atoms with Crippen molar-refractivity contribution >= 4 is 27.5 Å². The van der Waals surface area contributed by atoms with Crippen molar-refractivity contribution in [3.63, 3.8) is 0 Å². The van der Waals surface area contributed by atoms with Crippen LogP contribution in [0.25, 0.3) is 0 Å². The number of benzene rings is 2. The van der Waals surface area contributed by atoms with Gasteiger partial charge in [-0.05, 0) is 62.9 Å². The molecule has 1 saturated carbocycles. The maximum atomic E-state index is 13.5. The van der Waals surface area contributed by atoms with E-state index in [1.165, 1.54) is 29.6 Å². The minimum Gasteiger partial charge on any atom is -0.495 e. The van der Waals surface area contributed by atoms with Crippen molar-refractivity contribution < 1.29 is 22.7 Å². The highest BCUT2D eigenvalue weighted by atomic mass is 32.2. The summed E-state index contributed by atoms with van der Waals surface area (Å²) in [5.74, 6) is -0.544. The van der Waals surface area contributed by atoms with Crippen LogP contribution in [0.2, 0.25) is 0 Å². The molecular formula is C26H33N3O5S. The Hall–Kier alpha value is -2.91. The molecule has 0 radical (unpaired) electrons. The molecule has 2 fully saturated rings. The highest BCUT2D eigenvalue weighted by molar-refractivity contribution is 7.89. The SMILES string of the molecule is COc1ccc(C(=O)Nc2ccccc2C(=O)NC2CCCC2)cc1S(=O)(=O)N1CCCC[C@@H]1C. The highest BCUT2D eigenvalue weighted by Crippen LogP contribution is 2.32. The number of anilines is 1. The molecule has 1 aliphatic carbocycles. The minimum atomic E-state index is -3.85. The monoisotopic (exact) mass is 499 g/mol. The Morgan fingerprint density at radius 1 is 0.971 bits per heavy atom. The molecule has 0 aromatic heterocycles. The van der Waals surface area contributed by atoms with Crippen LogP contribution in [0.4, 0.5) is 5.69 Å². The number of nitrogens with one attached hydrogen (secondary N) is 2. The Morgan fingerprint density at radius 3 is 2.40 bits per heavy atom. The van der Waals surface area contributed by atoms with E-state index >= 15 is 0 Å². The van der Waals surface area contributed by atoms with Crippen molar-refractivity contribution in [3.05, 3.63) is 53.6 Å². The summed E-state index contributed by atoms with van der Waals surface area (Å²) >= 11 is 0. The number of para-hydroxylation sites is 1. The molecule has 2 aliphatic rings. The number of methoxy groups -OCH3 is 1. The van der Waals surface area contributed by atoms with E-state index in [0.717, 1.165) is 44.9 Å². The third kappa shape index (κ3) is 5.51. The summed E-state index contributed by atoms with van der Waals surface area (Å²) in [6.07, 6.45) is 6.69. The van der Waals surface area contributed by atoms with Gasteiger partial charge in [0.1, 0.15) is 10.6 Å². The highest BCUT2D eigenvalue weighted by Gasteiger charge is 2.33. The average Bonchev–Trinajstić information content (AvgIpc) is 3.37. The van der Waals surface area contributed by atoms with Crippen molar-refractivity contribution in [3.8, 4) is 5.75 Å². The second-order valence-corrected chi connectivity index (χ2v) is 11.1. The van der Waals surface area contributed by atoms with E-state index in [2.05, 4.69) is 10.6 Å². The van der Waals surface area contributed by atoms with Gasteiger partial charge in [-0.3, -0.25) is 9.59 Å². The summed E-state index contributed by atoms with van der Waals surface area (Å²) in [5, 5.41) is 5.83. The zero-order chi connectivity index (χ0) is 25.0. The van der Waals surface area contributed by atoms with Gasteiger partial charge in [-0.1, -0.05) is 31.4 Å². The fraction of sp³-hybridized carbons (Fsp3) is 0.462. The molecule has 2 amide bonds. The number of sulfonamides is 1. The normalized spacial score (nSPS) is 19.3. The Labute approximate surface area is 207 Å². The summed E-state index contributed by atoms with van der Waals surface area (Å²) < 4.78 is 33.8. The number of nitrogens with zero attached hydrogens (tertiary/aromatic N) is 1. The van der Waals surface area contributed by atoms with Gasteiger partial charge >= 0.3 is 0 Å². The molecule has 35 heavy (non-hydrogen) atoms. The molecule has 0 bridgehead atoms. The van der Waals surface area contributed by atoms with Gasteiger partial charge in [-0.2, -0.15) is 4.31 Å². The molecule has 2 aromatic rings. The Morgan fingerprint density at radius 2 is 1.69 bits per heavy atom. The number of carbonyl (C=O) groups excluding carboxylic acids is 2. The van der Waals surface area contributed by atoms with Gasteiger partial charge in [0.05, 0.1) is 18.4 Å². The number of piperidine rings is 1. The van der Waals surface area contributed by atoms with E-state index in [1.807, 2.05) is 6.92 Å². The van der Waals surface area contributed by atoms with E-state index in [1.54, 1.807) is 24.3 Å². The van der Waals surface area contributed by atoms with Crippen LogP contribution in [0.15, 0.2) is 47.4 Å². The van der Waals surface area contributed by atoms with Crippen molar-refractivity contribution in [2.75, 3.05) is 19.0 Å². The summed E-state index contributed by atoms with van der Waals surface area (Å²) in [5.41, 5.74) is 0.911. The van der Waals surface area contributed by atoms with E-state index in [4.69, 9.17) is 4.74 Å². The maximum absolute atomic E-state index is 13.5. The first kappa shape index (κ1) is 25.2. The van der Waals surface area contributed by atoms with Gasteiger partial charge in [-0.15, -0.1) is 0 Å². The van der Waals surface area contributed by atoms with Crippen LogP contribution in [-0.4, -0.2) is 50.3 Å². The number of rotatable bonds is 7. The molecule has 1 saturated heterocycles. The minimum absolute atomic E-state index is 0.0336. The quantitative estimate of drug-likeness (QED) is 0.595. The van der Waals surface area contributed by atoms with Gasteiger partial charge in [0.2, 0.25) is 10.0 Å². The largest absolute Gasteiger partial charge is 0.495 e. The molecule has 2 N–H and O–H groups in total. The number of hydrogen-bond donors (Lipinski definition) is 2. The third-order valence-corrected chi connectivity index (χ3v) is 8.90. The fourth-order valence-electron chi connectivity index (χ4n) is 4.89. The Kier molecular flexibility index (Phi) is 7.76. The smallest absolute Gasteiger partial charge is 0.255 e. The molecule has 0 spiro atoms. The molecular weight excluding hydrogens is 466 g/mol. The summed E-state index contributed by atoms with van der Waals surface area (Å²) in [7, 11) is -2.44. The second-order valence-electron chi connectivity index (χ2n) is 9.28. The van der Waals surface area contributed by atoms with Crippen LogP contribution in [0, 0.1) is 0 Å². The number of ether oxygens (including phenoxy) is 1. The van der Waals surface area contributed by atoms with E-state index in [0.29, 0.717) is 17.8 Å². The Balaban J connectivity index is 1.59. The van der Waals surface area contributed by atoms with E-state index in [-0.39, 0.29) is 34.2 Å². The lowest BCUT2D eigenvalue weighted by Crippen LogP contribution is -2.42. The predicted octanol–water partition coefficient (Wildman–Crippen LogP) is 4.18. The lowest BCUT2D eigenvalue weighted by atomic mass is 10.1. The van der Waals surface area contributed by atoms with Crippen LogP contribution < -0.4 is 15.4 Å². The molecule has 1 aliphatic heterocycles. The summed E-state index contributed by atoms with van der Waals surface area (Å²) in [6, 6.07) is 11.2. The number of carbonyl (C=O) groups is 2. The fourth-order valence-corrected chi connectivity index (χ4v) is 6.78. The van der Waals surface area contributed by atoms with Crippen molar-refractivity contribution in [1.29, 1.82) is 0 Å². The number of amides is 2. The van der Waals surface area contributed by atoms with Gasteiger partial charge in [0.15, 0.2) is 0 Å². The molecule has 188 valence electrons. The zero-order valence-electron chi connectivity index (χ0n) is 20.2. The molecule has 8 nitrogen and oxygen atoms in total. The van der Waals surface area contributed by atoms with Gasteiger partial charge < -0.3 is 15.4 Å². The first-order valence-corrected chi connectivity index (χ1v) is 13.7.